The van der Waals surface area contributed by atoms with Crippen molar-refractivity contribution in [3.05, 3.63) is 0 Å². The Morgan fingerprint density at radius 2 is 1.92 bits per heavy atom. The molecule has 12 heavy (non-hydrogen) atoms. The standard InChI is InChI=1S/C10H18OS/c1-6-4-5-7-9(2,3)10(7,12)8(6)11/h6-8,11-12H,4-5H2,1-3H3. The van der Waals surface area contributed by atoms with E-state index in [4.69, 9.17) is 0 Å². The van der Waals surface area contributed by atoms with Gasteiger partial charge in [0.25, 0.3) is 0 Å². The van der Waals surface area contributed by atoms with Crippen LogP contribution in [0.4, 0.5) is 0 Å². The molecule has 2 fully saturated rings. The summed E-state index contributed by atoms with van der Waals surface area (Å²) in [6, 6.07) is 0. The van der Waals surface area contributed by atoms with Gasteiger partial charge in [-0.1, -0.05) is 20.8 Å². The summed E-state index contributed by atoms with van der Waals surface area (Å²) < 4.78 is -0.0787. The number of hydrogen-bond acceptors (Lipinski definition) is 2. The third-order valence-electron chi connectivity index (χ3n) is 4.25. The van der Waals surface area contributed by atoms with Crippen LogP contribution in [0.25, 0.3) is 0 Å². The molecule has 0 aromatic carbocycles. The third kappa shape index (κ3) is 0.759. The van der Waals surface area contributed by atoms with E-state index in [1.54, 1.807) is 0 Å². The summed E-state index contributed by atoms with van der Waals surface area (Å²) >= 11 is 4.68. The van der Waals surface area contributed by atoms with Crippen molar-refractivity contribution < 1.29 is 5.11 Å². The van der Waals surface area contributed by atoms with Crippen molar-refractivity contribution in [3.63, 3.8) is 0 Å². The van der Waals surface area contributed by atoms with Gasteiger partial charge in [-0.25, -0.2) is 0 Å². The molecule has 4 atom stereocenters. The number of fused-ring (bicyclic) bond motifs is 1. The van der Waals surface area contributed by atoms with Crippen molar-refractivity contribution in [1.82, 2.24) is 0 Å². The molecule has 2 heteroatoms. The molecule has 4 unspecified atom stereocenters. The average molecular weight is 186 g/mol. The smallest absolute Gasteiger partial charge is 0.0718 e. The van der Waals surface area contributed by atoms with Crippen molar-refractivity contribution >= 4 is 12.6 Å². The van der Waals surface area contributed by atoms with Gasteiger partial charge in [0.1, 0.15) is 0 Å². The molecule has 2 rings (SSSR count). The van der Waals surface area contributed by atoms with Crippen molar-refractivity contribution in [2.24, 2.45) is 17.3 Å². The number of thiol groups is 1. The van der Waals surface area contributed by atoms with Gasteiger partial charge >= 0.3 is 0 Å². The number of hydrogen-bond donors (Lipinski definition) is 2. The summed E-state index contributed by atoms with van der Waals surface area (Å²) in [5.41, 5.74) is 0.250. The highest BCUT2D eigenvalue weighted by Crippen LogP contribution is 2.72. The van der Waals surface area contributed by atoms with E-state index < -0.39 is 0 Å². The molecule has 70 valence electrons. The van der Waals surface area contributed by atoms with E-state index >= 15 is 0 Å². The Hall–Kier alpha value is 0.310. The van der Waals surface area contributed by atoms with E-state index in [1.807, 2.05) is 0 Å². The monoisotopic (exact) mass is 186 g/mol. The van der Waals surface area contributed by atoms with Crippen molar-refractivity contribution in [3.8, 4) is 0 Å². The number of aliphatic hydroxyl groups excluding tert-OH is 1. The predicted octanol–water partition coefficient (Wildman–Crippen LogP) is 2.10. The van der Waals surface area contributed by atoms with Crippen LogP contribution in [0.15, 0.2) is 0 Å². The van der Waals surface area contributed by atoms with Crippen molar-refractivity contribution in [1.29, 1.82) is 0 Å². The lowest BCUT2D eigenvalue weighted by atomic mass is 9.87. The zero-order valence-electron chi connectivity index (χ0n) is 8.04. The Labute approximate surface area is 80.0 Å². The lowest BCUT2D eigenvalue weighted by Crippen LogP contribution is -2.36. The van der Waals surface area contributed by atoms with E-state index in [-0.39, 0.29) is 16.3 Å². The summed E-state index contributed by atoms with van der Waals surface area (Å²) in [5, 5.41) is 10.0. The summed E-state index contributed by atoms with van der Waals surface area (Å²) in [6.45, 7) is 6.59. The first-order valence-electron chi connectivity index (χ1n) is 4.83. The van der Waals surface area contributed by atoms with Crippen LogP contribution in [0.3, 0.4) is 0 Å². The summed E-state index contributed by atoms with van der Waals surface area (Å²) in [7, 11) is 0. The van der Waals surface area contributed by atoms with Gasteiger partial charge in [0.05, 0.1) is 6.10 Å². The van der Waals surface area contributed by atoms with E-state index in [2.05, 4.69) is 33.4 Å². The van der Waals surface area contributed by atoms with Gasteiger partial charge in [-0.15, -0.1) is 0 Å². The quantitative estimate of drug-likeness (QED) is 0.555. The second kappa shape index (κ2) is 2.21. The summed E-state index contributed by atoms with van der Waals surface area (Å²) in [4.78, 5) is 0. The molecule has 1 N–H and O–H groups in total. The normalized spacial score (nSPS) is 56.2. The molecule has 0 saturated heterocycles. The fraction of sp³-hybridized carbons (Fsp3) is 1.00. The lowest BCUT2D eigenvalue weighted by molar-refractivity contribution is 0.0761. The number of rotatable bonds is 0. The zero-order valence-corrected chi connectivity index (χ0v) is 8.94. The average Bonchev–Trinajstić information content (AvgIpc) is 2.42. The first kappa shape index (κ1) is 8.89. The molecule has 0 bridgehead atoms. The second-order valence-corrected chi connectivity index (χ2v) is 5.84. The second-order valence-electron chi connectivity index (χ2n) is 5.10. The predicted molar refractivity (Wildman–Crippen MR) is 53.4 cm³/mol. The summed E-state index contributed by atoms with van der Waals surface area (Å²) in [5.74, 6) is 1.07. The Bertz CT molecular complexity index is 214. The SMILES string of the molecule is CC1CCC2C(C)(C)C2(S)C1O. The molecule has 0 aromatic rings. The molecule has 0 aromatic heterocycles. The van der Waals surface area contributed by atoms with Gasteiger partial charge in [-0.05, 0) is 30.1 Å². The van der Waals surface area contributed by atoms with Crippen LogP contribution in [0.2, 0.25) is 0 Å². The van der Waals surface area contributed by atoms with E-state index in [0.717, 1.165) is 6.42 Å². The van der Waals surface area contributed by atoms with E-state index in [9.17, 15) is 5.11 Å². The Balaban J connectivity index is 2.26. The minimum atomic E-state index is -0.199. The molecule has 2 aliphatic rings. The highest BCUT2D eigenvalue weighted by molar-refractivity contribution is 7.82. The Kier molecular flexibility index (Phi) is 1.64. The van der Waals surface area contributed by atoms with Crippen LogP contribution < -0.4 is 0 Å². The minimum absolute atomic E-state index is 0.0787. The van der Waals surface area contributed by atoms with Gasteiger partial charge < -0.3 is 5.11 Å². The van der Waals surface area contributed by atoms with Gasteiger partial charge in [-0.2, -0.15) is 12.6 Å². The molecule has 2 saturated carbocycles. The van der Waals surface area contributed by atoms with Crippen LogP contribution in [-0.2, 0) is 0 Å². The molecule has 0 aliphatic heterocycles. The molecular formula is C10H18OS. The maximum Gasteiger partial charge on any atom is 0.0718 e. The fourth-order valence-electron chi connectivity index (χ4n) is 3.07. The van der Waals surface area contributed by atoms with Crippen LogP contribution >= 0.6 is 12.6 Å². The van der Waals surface area contributed by atoms with Crippen LogP contribution in [0, 0.1) is 17.3 Å². The van der Waals surface area contributed by atoms with Crippen molar-refractivity contribution in [2.75, 3.05) is 0 Å². The maximum absolute atomic E-state index is 10.0. The largest absolute Gasteiger partial charge is 0.391 e. The third-order valence-corrected chi connectivity index (χ3v) is 5.40. The molecule has 0 radical (unpaired) electrons. The van der Waals surface area contributed by atoms with Crippen molar-refractivity contribution in [2.45, 2.75) is 44.5 Å². The fourth-order valence-corrected chi connectivity index (χ4v) is 3.87. The van der Waals surface area contributed by atoms with Crippen LogP contribution in [0.5, 0.6) is 0 Å². The maximum atomic E-state index is 10.0. The van der Waals surface area contributed by atoms with Crippen LogP contribution in [-0.4, -0.2) is 16.0 Å². The Morgan fingerprint density at radius 1 is 1.33 bits per heavy atom. The van der Waals surface area contributed by atoms with E-state index in [1.165, 1.54) is 6.42 Å². The lowest BCUT2D eigenvalue weighted by Gasteiger charge is -2.30. The number of aliphatic hydroxyl groups is 1. The minimum Gasteiger partial charge on any atom is -0.391 e. The van der Waals surface area contributed by atoms with Gasteiger partial charge in [0.15, 0.2) is 0 Å². The molecule has 2 aliphatic carbocycles. The molecule has 0 amide bonds. The topological polar surface area (TPSA) is 20.2 Å². The highest BCUT2D eigenvalue weighted by atomic mass is 32.1. The molecule has 0 heterocycles. The highest BCUT2D eigenvalue weighted by Gasteiger charge is 2.73. The first-order valence-corrected chi connectivity index (χ1v) is 5.27. The molecular weight excluding hydrogens is 168 g/mol. The Morgan fingerprint density at radius 3 is 2.42 bits per heavy atom. The van der Waals surface area contributed by atoms with Crippen LogP contribution in [0.1, 0.15) is 33.6 Å². The van der Waals surface area contributed by atoms with Gasteiger partial charge in [-0.3, -0.25) is 0 Å². The molecule has 0 spiro atoms. The van der Waals surface area contributed by atoms with Gasteiger partial charge in [0.2, 0.25) is 0 Å². The van der Waals surface area contributed by atoms with E-state index in [0.29, 0.717) is 11.8 Å². The summed E-state index contributed by atoms with van der Waals surface area (Å²) in [6.07, 6.45) is 2.21. The molecule has 1 nitrogen and oxygen atoms in total. The zero-order chi connectivity index (χ0) is 9.15. The van der Waals surface area contributed by atoms with Gasteiger partial charge in [0, 0.05) is 4.75 Å². The first-order chi connectivity index (χ1) is 5.42.